The Labute approximate surface area is 148 Å². The maximum Gasteiger partial charge on any atom is 0.410 e. The summed E-state index contributed by atoms with van der Waals surface area (Å²) in [7, 11) is 3.18. The number of aromatic nitrogens is 4. The molecule has 0 saturated heterocycles. The molecule has 1 saturated carbocycles. The van der Waals surface area contributed by atoms with Gasteiger partial charge in [-0.1, -0.05) is 31.4 Å². The number of benzene rings is 1. The fraction of sp³-hybridized carbons (Fsp3) is 0.556. The van der Waals surface area contributed by atoms with Crippen molar-refractivity contribution in [2.24, 2.45) is 0 Å². The van der Waals surface area contributed by atoms with Gasteiger partial charge in [0.05, 0.1) is 12.8 Å². The van der Waals surface area contributed by atoms with Crippen molar-refractivity contribution in [1.82, 2.24) is 25.1 Å². The van der Waals surface area contributed by atoms with E-state index >= 15 is 0 Å². The summed E-state index contributed by atoms with van der Waals surface area (Å²) >= 11 is 0. The second kappa shape index (κ2) is 6.82. The van der Waals surface area contributed by atoms with Crippen molar-refractivity contribution in [3.63, 3.8) is 0 Å². The number of rotatable bonds is 3. The molecule has 1 aromatic heterocycles. The van der Waals surface area contributed by atoms with Crippen LogP contribution in [0, 0.1) is 13.8 Å². The van der Waals surface area contributed by atoms with E-state index in [1.807, 2.05) is 12.1 Å². The molecule has 0 N–H and O–H groups in total. The minimum atomic E-state index is -0.551. The largest absolute Gasteiger partial charge is 0.453 e. The fourth-order valence-corrected chi connectivity index (χ4v) is 3.76. The lowest BCUT2D eigenvalue weighted by atomic mass is 9.79. The SMILES string of the molecule is COC(=O)N(C)C1(c2nnnn2-c2cccc(C)c2C)CCCCC1. The second-order valence-electron chi connectivity index (χ2n) is 6.75. The summed E-state index contributed by atoms with van der Waals surface area (Å²) in [6.07, 6.45) is 4.50. The summed E-state index contributed by atoms with van der Waals surface area (Å²) < 4.78 is 6.77. The smallest absolute Gasteiger partial charge is 0.410 e. The number of carbonyl (C=O) groups is 1. The number of methoxy groups -OCH3 is 1. The van der Waals surface area contributed by atoms with Crippen LogP contribution >= 0.6 is 0 Å². The molecule has 25 heavy (non-hydrogen) atoms. The lowest BCUT2D eigenvalue weighted by Gasteiger charge is -2.42. The van der Waals surface area contributed by atoms with E-state index in [9.17, 15) is 4.79 Å². The van der Waals surface area contributed by atoms with Gasteiger partial charge >= 0.3 is 6.09 Å². The van der Waals surface area contributed by atoms with Crippen molar-refractivity contribution in [3.8, 4) is 5.69 Å². The molecule has 3 rings (SSSR count). The number of amides is 1. The zero-order valence-electron chi connectivity index (χ0n) is 15.3. The van der Waals surface area contributed by atoms with E-state index in [-0.39, 0.29) is 6.09 Å². The van der Waals surface area contributed by atoms with Crippen LogP contribution in [0.25, 0.3) is 5.69 Å². The van der Waals surface area contributed by atoms with Crippen molar-refractivity contribution in [2.75, 3.05) is 14.2 Å². The Hall–Kier alpha value is -2.44. The summed E-state index contributed by atoms with van der Waals surface area (Å²) in [6.45, 7) is 4.13. The highest BCUT2D eigenvalue weighted by Crippen LogP contribution is 2.41. The Morgan fingerprint density at radius 1 is 1.24 bits per heavy atom. The zero-order valence-corrected chi connectivity index (χ0v) is 15.3. The number of nitrogens with zero attached hydrogens (tertiary/aromatic N) is 5. The molecule has 1 amide bonds. The monoisotopic (exact) mass is 343 g/mol. The normalized spacial score (nSPS) is 16.5. The van der Waals surface area contributed by atoms with Crippen molar-refractivity contribution in [2.45, 2.75) is 51.5 Å². The molecule has 0 aliphatic heterocycles. The second-order valence-corrected chi connectivity index (χ2v) is 6.75. The third-order valence-corrected chi connectivity index (χ3v) is 5.46. The number of aryl methyl sites for hydroxylation is 1. The highest BCUT2D eigenvalue weighted by Gasteiger charge is 2.45. The summed E-state index contributed by atoms with van der Waals surface area (Å²) in [5.41, 5.74) is 2.70. The average molecular weight is 343 g/mol. The Kier molecular flexibility index (Phi) is 4.74. The first-order valence-electron chi connectivity index (χ1n) is 8.68. The highest BCUT2D eigenvalue weighted by molar-refractivity contribution is 5.68. The van der Waals surface area contributed by atoms with Gasteiger partial charge in [-0.05, 0) is 54.3 Å². The van der Waals surface area contributed by atoms with Gasteiger partial charge in [0, 0.05) is 7.05 Å². The van der Waals surface area contributed by atoms with E-state index in [1.54, 1.807) is 16.6 Å². The molecule has 1 aromatic carbocycles. The summed E-state index contributed by atoms with van der Waals surface area (Å²) in [5.74, 6) is 0.703. The minimum absolute atomic E-state index is 0.364. The average Bonchev–Trinajstić information content (AvgIpc) is 3.13. The van der Waals surface area contributed by atoms with Gasteiger partial charge in [-0.15, -0.1) is 5.10 Å². The molecule has 2 aromatic rings. The molecule has 1 heterocycles. The molecule has 0 atom stereocenters. The Morgan fingerprint density at radius 3 is 2.64 bits per heavy atom. The van der Waals surface area contributed by atoms with Gasteiger partial charge in [0.1, 0.15) is 5.54 Å². The standard InChI is InChI=1S/C18H25N5O2/c1-13-9-8-10-15(14(13)2)23-16(19-20-21-23)18(11-6-5-7-12-18)22(3)17(24)25-4/h8-10H,5-7,11-12H2,1-4H3. The first-order valence-corrected chi connectivity index (χ1v) is 8.68. The molecule has 0 unspecified atom stereocenters. The van der Waals surface area contributed by atoms with E-state index < -0.39 is 5.54 Å². The van der Waals surface area contributed by atoms with Crippen molar-refractivity contribution in [1.29, 1.82) is 0 Å². The third-order valence-electron chi connectivity index (χ3n) is 5.46. The molecular formula is C18H25N5O2. The third kappa shape index (κ3) is 2.88. The molecule has 1 aliphatic rings. The minimum Gasteiger partial charge on any atom is -0.453 e. The van der Waals surface area contributed by atoms with Gasteiger partial charge < -0.3 is 4.74 Å². The number of hydrogen-bond acceptors (Lipinski definition) is 5. The first kappa shape index (κ1) is 17.4. The fourth-order valence-electron chi connectivity index (χ4n) is 3.76. The molecule has 7 nitrogen and oxygen atoms in total. The number of hydrogen-bond donors (Lipinski definition) is 0. The van der Waals surface area contributed by atoms with E-state index in [0.29, 0.717) is 5.82 Å². The summed E-state index contributed by atoms with van der Waals surface area (Å²) in [4.78, 5) is 14.0. The van der Waals surface area contributed by atoms with E-state index in [1.165, 1.54) is 12.7 Å². The summed E-state index contributed by atoms with van der Waals surface area (Å²) in [6, 6.07) is 6.08. The number of ether oxygens (including phenoxy) is 1. The van der Waals surface area contributed by atoms with Crippen molar-refractivity contribution in [3.05, 3.63) is 35.2 Å². The highest BCUT2D eigenvalue weighted by atomic mass is 16.5. The van der Waals surface area contributed by atoms with Crippen LogP contribution in [0.5, 0.6) is 0 Å². The summed E-state index contributed by atoms with van der Waals surface area (Å²) in [5, 5.41) is 12.5. The first-order chi connectivity index (χ1) is 12.0. The van der Waals surface area contributed by atoms with Gasteiger partial charge in [0.2, 0.25) is 0 Å². The van der Waals surface area contributed by atoms with Crippen LogP contribution in [0.1, 0.15) is 49.1 Å². The lowest BCUT2D eigenvalue weighted by molar-refractivity contribution is 0.0472. The van der Waals surface area contributed by atoms with Gasteiger partial charge in [0.25, 0.3) is 0 Å². The molecule has 7 heteroatoms. The molecule has 1 aliphatic carbocycles. The predicted molar refractivity (Wildman–Crippen MR) is 93.6 cm³/mol. The maximum atomic E-state index is 12.3. The molecule has 1 fully saturated rings. The predicted octanol–water partition coefficient (Wildman–Crippen LogP) is 3.14. The van der Waals surface area contributed by atoms with Crippen LogP contribution in [0.15, 0.2) is 18.2 Å². The van der Waals surface area contributed by atoms with Gasteiger partial charge in [-0.2, -0.15) is 4.68 Å². The molecule has 0 spiro atoms. The molecule has 0 radical (unpaired) electrons. The van der Waals surface area contributed by atoms with Crippen LogP contribution in [0.4, 0.5) is 4.79 Å². The van der Waals surface area contributed by atoms with E-state index in [4.69, 9.17) is 4.74 Å². The Balaban J connectivity index is 2.14. The van der Waals surface area contributed by atoms with Crippen LogP contribution in [0.3, 0.4) is 0 Å². The van der Waals surface area contributed by atoms with Crippen molar-refractivity contribution >= 4 is 6.09 Å². The van der Waals surface area contributed by atoms with Gasteiger partial charge in [-0.3, -0.25) is 4.90 Å². The number of carbonyl (C=O) groups excluding carboxylic acids is 1. The van der Waals surface area contributed by atoms with Crippen LogP contribution < -0.4 is 0 Å². The zero-order chi connectivity index (χ0) is 18.0. The molecule has 134 valence electrons. The van der Waals surface area contributed by atoms with Crippen LogP contribution in [0.2, 0.25) is 0 Å². The van der Waals surface area contributed by atoms with E-state index in [0.717, 1.165) is 43.4 Å². The maximum absolute atomic E-state index is 12.3. The Morgan fingerprint density at radius 2 is 1.96 bits per heavy atom. The number of tetrazole rings is 1. The van der Waals surface area contributed by atoms with Gasteiger partial charge in [-0.25, -0.2) is 4.79 Å². The Bertz CT molecular complexity index is 765. The topological polar surface area (TPSA) is 73.1 Å². The quantitative estimate of drug-likeness (QED) is 0.856. The van der Waals surface area contributed by atoms with Gasteiger partial charge in [0.15, 0.2) is 5.82 Å². The molecule has 0 bridgehead atoms. The van der Waals surface area contributed by atoms with E-state index in [2.05, 4.69) is 35.4 Å². The molecular weight excluding hydrogens is 318 g/mol. The van der Waals surface area contributed by atoms with Crippen LogP contribution in [-0.4, -0.2) is 45.4 Å². The lowest BCUT2D eigenvalue weighted by Crippen LogP contribution is -2.50. The van der Waals surface area contributed by atoms with Crippen molar-refractivity contribution < 1.29 is 9.53 Å². The van der Waals surface area contributed by atoms with Crippen LogP contribution in [-0.2, 0) is 10.3 Å².